The van der Waals surface area contributed by atoms with Gasteiger partial charge in [0.2, 0.25) is 0 Å². The van der Waals surface area contributed by atoms with E-state index >= 15 is 0 Å². The standard InChI is InChI=1S/C15H17N3S/c1-11(2)17-15(19)18-16-10-12-7-8-13-5-3-4-6-14(13)9-12/h3-11H,1-2H3,(H2,17,18,19)/b16-10-. The average molecular weight is 271 g/mol. The maximum Gasteiger partial charge on any atom is 0.187 e. The van der Waals surface area contributed by atoms with Crippen LogP contribution in [-0.2, 0) is 0 Å². The highest BCUT2D eigenvalue weighted by Crippen LogP contribution is 2.14. The number of nitrogens with zero attached hydrogens (tertiary/aromatic N) is 1. The van der Waals surface area contributed by atoms with E-state index in [0.29, 0.717) is 11.2 Å². The Morgan fingerprint density at radius 2 is 1.89 bits per heavy atom. The zero-order valence-electron chi connectivity index (χ0n) is 11.1. The number of hydrazone groups is 1. The van der Waals surface area contributed by atoms with Crippen LogP contribution in [0.4, 0.5) is 0 Å². The van der Waals surface area contributed by atoms with Crippen molar-refractivity contribution in [2.75, 3.05) is 0 Å². The summed E-state index contributed by atoms with van der Waals surface area (Å²) in [6, 6.07) is 14.8. The second-order valence-corrected chi connectivity index (χ2v) is 5.01. The summed E-state index contributed by atoms with van der Waals surface area (Å²) in [5.41, 5.74) is 3.84. The smallest absolute Gasteiger partial charge is 0.187 e. The van der Waals surface area contributed by atoms with Gasteiger partial charge in [-0.2, -0.15) is 5.10 Å². The van der Waals surface area contributed by atoms with Crippen LogP contribution >= 0.6 is 12.2 Å². The van der Waals surface area contributed by atoms with E-state index in [1.54, 1.807) is 6.21 Å². The second-order valence-electron chi connectivity index (χ2n) is 4.60. The largest absolute Gasteiger partial charge is 0.359 e. The van der Waals surface area contributed by atoms with Gasteiger partial charge in [-0.1, -0.05) is 36.4 Å². The first kappa shape index (κ1) is 13.5. The summed E-state index contributed by atoms with van der Waals surface area (Å²) in [5, 5.41) is 10.2. The molecule has 2 aromatic carbocycles. The fraction of sp³-hybridized carbons (Fsp3) is 0.200. The Balaban J connectivity index is 2.03. The molecule has 2 aromatic rings. The van der Waals surface area contributed by atoms with Crippen LogP contribution in [0.3, 0.4) is 0 Å². The molecule has 0 heterocycles. The fourth-order valence-corrected chi connectivity index (χ4v) is 2.04. The van der Waals surface area contributed by atoms with Gasteiger partial charge >= 0.3 is 0 Å². The van der Waals surface area contributed by atoms with E-state index in [1.807, 2.05) is 32.0 Å². The van der Waals surface area contributed by atoms with Crippen molar-refractivity contribution >= 4 is 34.3 Å². The topological polar surface area (TPSA) is 36.4 Å². The summed E-state index contributed by atoms with van der Waals surface area (Å²) in [4.78, 5) is 0. The van der Waals surface area contributed by atoms with E-state index < -0.39 is 0 Å². The molecule has 0 bridgehead atoms. The molecule has 0 saturated carbocycles. The molecule has 2 rings (SSSR count). The predicted molar refractivity (Wildman–Crippen MR) is 85.5 cm³/mol. The molecule has 98 valence electrons. The minimum atomic E-state index is 0.302. The monoisotopic (exact) mass is 271 g/mol. The molecule has 0 aliphatic heterocycles. The van der Waals surface area contributed by atoms with Crippen molar-refractivity contribution in [2.24, 2.45) is 5.10 Å². The lowest BCUT2D eigenvalue weighted by atomic mass is 10.1. The molecule has 0 unspecified atom stereocenters. The van der Waals surface area contributed by atoms with Crippen molar-refractivity contribution < 1.29 is 0 Å². The van der Waals surface area contributed by atoms with Gasteiger partial charge in [0.25, 0.3) is 0 Å². The van der Waals surface area contributed by atoms with Gasteiger partial charge in [-0.3, -0.25) is 5.43 Å². The maximum absolute atomic E-state index is 5.09. The highest BCUT2D eigenvalue weighted by atomic mass is 32.1. The van der Waals surface area contributed by atoms with Crippen molar-refractivity contribution in [3.63, 3.8) is 0 Å². The summed E-state index contributed by atoms with van der Waals surface area (Å²) in [7, 11) is 0. The highest BCUT2D eigenvalue weighted by molar-refractivity contribution is 7.80. The average Bonchev–Trinajstić information content (AvgIpc) is 2.37. The number of nitrogens with one attached hydrogen (secondary N) is 2. The molecular formula is C15H17N3S. The summed E-state index contributed by atoms with van der Waals surface area (Å²) in [6.45, 7) is 4.06. The van der Waals surface area contributed by atoms with Crippen LogP contribution in [0.15, 0.2) is 47.6 Å². The van der Waals surface area contributed by atoms with Gasteiger partial charge in [-0.05, 0) is 48.5 Å². The number of hydrogen-bond acceptors (Lipinski definition) is 2. The first-order valence-corrected chi connectivity index (χ1v) is 6.64. The van der Waals surface area contributed by atoms with Crippen LogP contribution in [0.1, 0.15) is 19.4 Å². The lowest BCUT2D eigenvalue weighted by molar-refractivity contribution is 0.720. The van der Waals surface area contributed by atoms with Crippen LogP contribution in [0.25, 0.3) is 10.8 Å². The first-order chi connectivity index (χ1) is 9.15. The van der Waals surface area contributed by atoms with Crippen LogP contribution in [0.5, 0.6) is 0 Å². The van der Waals surface area contributed by atoms with Crippen molar-refractivity contribution in [1.29, 1.82) is 0 Å². The molecule has 19 heavy (non-hydrogen) atoms. The first-order valence-electron chi connectivity index (χ1n) is 6.23. The minimum absolute atomic E-state index is 0.302. The number of fused-ring (bicyclic) bond motifs is 1. The summed E-state index contributed by atoms with van der Waals surface area (Å²) in [6.07, 6.45) is 1.76. The molecule has 0 radical (unpaired) electrons. The summed E-state index contributed by atoms with van der Waals surface area (Å²) in [5.74, 6) is 0. The third-order valence-corrected chi connectivity index (χ3v) is 2.78. The molecule has 4 heteroatoms. The molecule has 0 amide bonds. The summed E-state index contributed by atoms with van der Waals surface area (Å²) >= 11 is 5.09. The van der Waals surface area contributed by atoms with Crippen LogP contribution < -0.4 is 10.7 Å². The third-order valence-electron chi connectivity index (χ3n) is 2.57. The summed E-state index contributed by atoms with van der Waals surface area (Å²) < 4.78 is 0. The third kappa shape index (κ3) is 4.03. The van der Waals surface area contributed by atoms with Gasteiger partial charge in [0.1, 0.15) is 0 Å². The number of rotatable bonds is 3. The van der Waals surface area contributed by atoms with Gasteiger partial charge in [-0.25, -0.2) is 0 Å². The Bertz CT molecular complexity index is 605. The van der Waals surface area contributed by atoms with E-state index in [4.69, 9.17) is 12.2 Å². The Hall–Kier alpha value is -1.94. The van der Waals surface area contributed by atoms with Gasteiger partial charge in [0, 0.05) is 6.04 Å². The van der Waals surface area contributed by atoms with Crippen molar-refractivity contribution in [3.05, 3.63) is 48.0 Å². The minimum Gasteiger partial charge on any atom is -0.359 e. The highest BCUT2D eigenvalue weighted by Gasteiger charge is 1.96. The van der Waals surface area contributed by atoms with Crippen LogP contribution in [0.2, 0.25) is 0 Å². The van der Waals surface area contributed by atoms with Crippen molar-refractivity contribution in [1.82, 2.24) is 10.7 Å². The molecule has 0 saturated heterocycles. The van der Waals surface area contributed by atoms with Gasteiger partial charge < -0.3 is 5.32 Å². The predicted octanol–water partition coefficient (Wildman–Crippen LogP) is 3.05. The molecule has 0 aliphatic rings. The SMILES string of the molecule is CC(C)NC(=S)N/N=C\c1ccc2ccccc2c1. The lowest BCUT2D eigenvalue weighted by Crippen LogP contribution is -2.36. The van der Waals surface area contributed by atoms with E-state index in [2.05, 4.69) is 40.1 Å². The molecule has 0 atom stereocenters. The maximum atomic E-state index is 5.09. The van der Waals surface area contributed by atoms with E-state index in [9.17, 15) is 0 Å². The van der Waals surface area contributed by atoms with Gasteiger partial charge in [0.15, 0.2) is 5.11 Å². The number of hydrogen-bond donors (Lipinski definition) is 2. The molecule has 0 spiro atoms. The van der Waals surface area contributed by atoms with Crippen molar-refractivity contribution in [2.45, 2.75) is 19.9 Å². The number of benzene rings is 2. The van der Waals surface area contributed by atoms with Gasteiger partial charge in [-0.15, -0.1) is 0 Å². The van der Waals surface area contributed by atoms with Crippen LogP contribution in [-0.4, -0.2) is 17.4 Å². The fourth-order valence-electron chi connectivity index (χ4n) is 1.75. The lowest BCUT2D eigenvalue weighted by Gasteiger charge is -2.09. The van der Waals surface area contributed by atoms with Crippen molar-refractivity contribution in [3.8, 4) is 0 Å². The zero-order valence-corrected chi connectivity index (χ0v) is 11.9. The Kier molecular flexibility index (Phi) is 4.47. The zero-order chi connectivity index (χ0) is 13.7. The van der Waals surface area contributed by atoms with Crippen LogP contribution in [0, 0.1) is 0 Å². The molecular weight excluding hydrogens is 254 g/mol. The Morgan fingerprint density at radius 3 is 2.63 bits per heavy atom. The molecule has 3 nitrogen and oxygen atoms in total. The normalized spacial score (nSPS) is 11.1. The Labute approximate surface area is 118 Å². The van der Waals surface area contributed by atoms with E-state index in [0.717, 1.165) is 5.56 Å². The molecule has 0 aromatic heterocycles. The number of thiocarbonyl (C=S) groups is 1. The van der Waals surface area contributed by atoms with E-state index in [-0.39, 0.29) is 0 Å². The molecule has 0 aliphatic carbocycles. The van der Waals surface area contributed by atoms with Gasteiger partial charge in [0.05, 0.1) is 6.21 Å². The quantitative estimate of drug-likeness (QED) is 0.512. The molecule has 0 fully saturated rings. The second kappa shape index (κ2) is 6.29. The van der Waals surface area contributed by atoms with E-state index in [1.165, 1.54) is 10.8 Å². The Morgan fingerprint density at radius 1 is 1.16 bits per heavy atom. The molecule has 2 N–H and O–H groups in total.